The third-order valence-corrected chi connectivity index (χ3v) is 8.90. The van der Waals surface area contributed by atoms with E-state index in [1.807, 2.05) is 43.3 Å². The molecule has 1 aromatic rings. The molecule has 4 saturated carbocycles. The van der Waals surface area contributed by atoms with Gasteiger partial charge in [-0.15, -0.1) is 0 Å². The van der Waals surface area contributed by atoms with Crippen molar-refractivity contribution in [3.63, 3.8) is 0 Å². The number of hydrogen-bond donors (Lipinski definition) is 1. The van der Waals surface area contributed by atoms with Crippen molar-refractivity contribution < 1.29 is 14.3 Å². The standard InChI is InChI=1S/C27H39N3O3/c1-29(2)23(21-7-4-5-9-24(21)33-3)17-28-25(31)22-8-6-10-30(22)26(32)27-14-18-11-19(15-27)13-20(12-18)16-27/h4-5,7,9,18-20,22-23H,6,8,10-17H2,1-3H3,(H,28,31). The van der Waals surface area contributed by atoms with Crippen LogP contribution in [0.3, 0.4) is 0 Å². The van der Waals surface area contributed by atoms with Crippen LogP contribution in [0.2, 0.25) is 0 Å². The molecule has 1 N–H and O–H groups in total. The fraction of sp³-hybridized carbons (Fsp3) is 0.704. The first-order valence-electron chi connectivity index (χ1n) is 12.8. The van der Waals surface area contributed by atoms with Gasteiger partial charge in [-0.25, -0.2) is 0 Å². The average molecular weight is 454 g/mol. The molecule has 5 aliphatic rings. The molecule has 6 nitrogen and oxygen atoms in total. The summed E-state index contributed by atoms with van der Waals surface area (Å²) >= 11 is 0. The smallest absolute Gasteiger partial charge is 0.242 e. The summed E-state index contributed by atoms with van der Waals surface area (Å²) in [4.78, 5) is 31.3. The maximum Gasteiger partial charge on any atom is 0.242 e. The Morgan fingerprint density at radius 1 is 1.12 bits per heavy atom. The van der Waals surface area contributed by atoms with Crippen LogP contribution in [0.1, 0.15) is 63.0 Å². The van der Waals surface area contributed by atoms with Crippen LogP contribution in [-0.4, -0.2) is 62.0 Å². The molecule has 5 fully saturated rings. The van der Waals surface area contributed by atoms with Crippen molar-refractivity contribution in [3.05, 3.63) is 29.8 Å². The summed E-state index contributed by atoms with van der Waals surface area (Å²) in [5, 5.41) is 3.18. The summed E-state index contributed by atoms with van der Waals surface area (Å²) in [7, 11) is 5.71. The maximum atomic E-state index is 13.9. The molecule has 0 spiro atoms. The van der Waals surface area contributed by atoms with E-state index in [9.17, 15) is 9.59 Å². The van der Waals surface area contributed by atoms with Crippen LogP contribution in [-0.2, 0) is 9.59 Å². The second-order valence-corrected chi connectivity index (χ2v) is 11.3. The molecular formula is C27H39N3O3. The van der Waals surface area contributed by atoms with Gasteiger partial charge in [0.2, 0.25) is 11.8 Å². The van der Waals surface area contributed by atoms with Gasteiger partial charge >= 0.3 is 0 Å². The molecule has 0 aromatic heterocycles. The summed E-state index contributed by atoms with van der Waals surface area (Å²) < 4.78 is 5.56. The van der Waals surface area contributed by atoms with Gasteiger partial charge in [-0.1, -0.05) is 18.2 Å². The predicted octanol–water partition coefficient (Wildman–Crippen LogP) is 3.62. The zero-order chi connectivity index (χ0) is 23.2. The molecule has 2 unspecified atom stereocenters. The van der Waals surface area contributed by atoms with E-state index in [-0.39, 0.29) is 29.3 Å². The highest BCUT2D eigenvalue weighted by molar-refractivity contribution is 5.91. The van der Waals surface area contributed by atoms with Gasteiger partial charge in [-0.2, -0.15) is 0 Å². The van der Waals surface area contributed by atoms with Gasteiger partial charge in [-0.05, 0) is 89.3 Å². The SMILES string of the molecule is COc1ccccc1C(CNC(=O)C1CCCN1C(=O)C12CC3CC(CC(C3)C1)C2)N(C)C. The fourth-order valence-electron chi connectivity index (χ4n) is 7.79. The minimum absolute atomic E-state index is 0.00110. The van der Waals surface area contributed by atoms with Crippen LogP contribution >= 0.6 is 0 Å². The largest absolute Gasteiger partial charge is 0.496 e. The minimum atomic E-state index is -0.328. The van der Waals surface area contributed by atoms with Gasteiger partial charge in [0.05, 0.1) is 18.6 Å². The van der Waals surface area contributed by atoms with E-state index in [0.29, 0.717) is 6.54 Å². The molecule has 4 aliphatic carbocycles. The summed E-state index contributed by atoms with van der Waals surface area (Å²) in [6, 6.07) is 7.63. The third-order valence-electron chi connectivity index (χ3n) is 8.90. The number of nitrogens with one attached hydrogen (secondary N) is 1. The first kappa shape index (κ1) is 22.7. The molecule has 180 valence electrons. The molecule has 1 heterocycles. The molecule has 2 atom stereocenters. The highest BCUT2D eigenvalue weighted by Crippen LogP contribution is 2.60. The number of likely N-dealkylation sites (N-methyl/N-ethyl adjacent to an activating group) is 1. The molecule has 1 aliphatic heterocycles. The van der Waals surface area contributed by atoms with Gasteiger partial charge in [0.15, 0.2) is 0 Å². The molecule has 4 bridgehead atoms. The highest BCUT2D eigenvalue weighted by atomic mass is 16.5. The third kappa shape index (κ3) is 4.16. The van der Waals surface area contributed by atoms with Crippen molar-refractivity contribution in [2.24, 2.45) is 23.2 Å². The lowest BCUT2D eigenvalue weighted by atomic mass is 9.49. The topological polar surface area (TPSA) is 61.9 Å². The Labute approximate surface area is 198 Å². The second kappa shape index (κ2) is 8.94. The molecule has 2 amide bonds. The zero-order valence-corrected chi connectivity index (χ0v) is 20.4. The molecule has 6 rings (SSSR count). The number of nitrogens with zero attached hydrogens (tertiary/aromatic N) is 2. The quantitative estimate of drug-likeness (QED) is 0.685. The van der Waals surface area contributed by atoms with Crippen molar-refractivity contribution in [2.75, 3.05) is 34.3 Å². The summed E-state index contributed by atoms with van der Waals surface area (Å²) in [5.41, 5.74) is 0.875. The Morgan fingerprint density at radius 2 is 1.76 bits per heavy atom. The van der Waals surface area contributed by atoms with E-state index in [2.05, 4.69) is 10.2 Å². The van der Waals surface area contributed by atoms with Crippen LogP contribution < -0.4 is 10.1 Å². The number of amides is 2. The van der Waals surface area contributed by atoms with Crippen molar-refractivity contribution in [2.45, 2.75) is 63.5 Å². The Kier molecular flexibility index (Phi) is 6.15. The second-order valence-electron chi connectivity index (χ2n) is 11.3. The van der Waals surface area contributed by atoms with Crippen LogP contribution in [0.4, 0.5) is 0 Å². The number of ether oxygens (including phenoxy) is 1. The number of para-hydroxylation sites is 1. The molecule has 1 saturated heterocycles. The molecule has 6 heteroatoms. The minimum Gasteiger partial charge on any atom is -0.496 e. The zero-order valence-electron chi connectivity index (χ0n) is 20.4. The van der Waals surface area contributed by atoms with Crippen molar-refractivity contribution in [3.8, 4) is 5.75 Å². The van der Waals surface area contributed by atoms with E-state index in [4.69, 9.17) is 4.74 Å². The van der Waals surface area contributed by atoms with Crippen LogP contribution in [0.15, 0.2) is 24.3 Å². The summed E-state index contributed by atoms with van der Waals surface area (Å²) in [6.07, 6.45) is 8.82. The van der Waals surface area contributed by atoms with Gasteiger partial charge in [0.25, 0.3) is 0 Å². The normalized spacial score (nSPS) is 33.4. The maximum absolute atomic E-state index is 13.9. The lowest BCUT2D eigenvalue weighted by molar-refractivity contribution is -0.160. The lowest BCUT2D eigenvalue weighted by Gasteiger charge is -2.56. The number of carbonyl (C=O) groups is 2. The molecule has 33 heavy (non-hydrogen) atoms. The van der Waals surface area contributed by atoms with Crippen LogP contribution in [0, 0.1) is 23.2 Å². The Bertz CT molecular complexity index is 863. The van der Waals surface area contributed by atoms with Gasteiger partial charge in [0.1, 0.15) is 11.8 Å². The molecule has 1 aromatic carbocycles. The van der Waals surface area contributed by atoms with Crippen molar-refractivity contribution >= 4 is 11.8 Å². The number of likely N-dealkylation sites (tertiary alicyclic amines) is 1. The number of rotatable bonds is 7. The number of methoxy groups -OCH3 is 1. The Morgan fingerprint density at radius 3 is 2.36 bits per heavy atom. The van der Waals surface area contributed by atoms with Crippen molar-refractivity contribution in [1.82, 2.24) is 15.1 Å². The monoisotopic (exact) mass is 453 g/mol. The lowest BCUT2D eigenvalue weighted by Crippen LogP contribution is -2.57. The van der Waals surface area contributed by atoms with E-state index in [1.54, 1.807) is 7.11 Å². The Balaban J connectivity index is 1.27. The average Bonchev–Trinajstić information content (AvgIpc) is 3.27. The van der Waals surface area contributed by atoms with Crippen LogP contribution in [0.25, 0.3) is 0 Å². The van der Waals surface area contributed by atoms with Gasteiger partial charge < -0.3 is 19.9 Å². The molecular weight excluding hydrogens is 414 g/mol. The number of carbonyl (C=O) groups excluding carboxylic acids is 2. The number of benzene rings is 1. The van der Waals surface area contributed by atoms with E-state index >= 15 is 0 Å². The van der Waals surface area contributed by atoms with Gasteiger partial charge in [-0.3, -0.25) is 9.59 Å². The van der Waals surface area contributed by atoms with Crippen molar-refractivity contribution in [1.29, 1.82) is 0 Å². The Hall–Kier alpha value is -2.08. The predicted molar refractivity (Wildman–Crippen MR) is 128 cm³/mol. The van der Waals surface area contributed by atoms with E-state index in [0.717, 1.165) is 67.7 Å². The fourth-order valence-corrected chi connectivity index (χ4v) is 7.79. The first-order chi connectivity index (χ1) is 15.9. The summed E-state index contributed by atoms with van der Waals surface area (Å²) in [6.45, 7) is 1.21. The van der Waals surface area contributed by atoms with Gasteiger partial charge in [0, 0.05) is 18.7 Å². The molecule has 0 radical (unpaired) electrons. The number of hydrogen-bond acceptors (Lipinski definition) is 4. The highest BCUT2D eigenvalue weighted by Gasteiger charge is 2.56. The van der Waals surface area contributed by atoms with E-state index < -0.39 is 0 Å². The van der Waals surface area contributed by atoms with Crippen LogP contribution in [0.5, 0.6) is 5.75 Å². The summed E-state index contributed by atoms with van der Waals surface area (Å²) in [5.74, 6) is 3.30. The van der Waals surface area contributed by atoms with E-state index in [1.165, 1.54) is 19.3 Å². The first-order valence-corrected chi connectivity index (χ1v) is 12.8.